The minimum Gasteiger partial charge on any atom is -0.357 e. The Hall–Kier alpha value is -1.38. The molecular formula is C20H30FIN4O. The van der Waals surface area contributed by atoms with Crippen LogP contribution in [0.1, 0.15) is 44.6 Å². The van der Waals surface area contributed by atoms with Gasteiger partial charge >= 0.3 is 0 Å². The first-order chi connectivity index (χ1) is 12.6. The number of benzene rings is 1. The van der Waals surface area contributed by atoms with Crippen LogP contribution in [0.2, 0.25) is 0 Å². The summed E-state index contributed by atoms with van der Waals surface area (Å²) >= 11 is 0. The van der Waals surface area contributed by atoms with Crippen molar-refractivity contribution in [3.05, 3.63) is 35.6 Å². The van der Waals surface area contributed by atoms with E-state index in [1.54, 1.807) is 6.07 Å². The van der Waals surface area contributed by atoms with Crippen molar-refractivity contribution in [2.75, 3.05) is 32.7 Å². The first kappa shape index (κ1) is 21.9. The van der Waals surface area contributed by atoms with E-state index in [0.29, 0.717) is 13.0 Å². The fraction of sp³-hybridized carbons (Fsp3) is 0.600. The number of rotatable bonds is 8. The summed E-state index contributed by atoms with van der Waals surface area (Å²) < 4.78 is 14.1. The Kier molecular flexibility index (Phi) is 8.31. The van der Waals surface area contributed by atoms with Gasteiger partial charge in [-0.15, -0.1) is 24.0 Å². The van der Waals surface area contributed by atoms with Crippen LogP contribution in [0.4, 0.5) is 4.39 Å². The molecule has 27 heavy (non-hydrogen) atoms. The molecule has 1 saturated heterocycles. The van der Waals surface area contributed by atoms with Crippen molar-refractivity contribution in [1.82, 2.24) is 15.5 Å². The van der Waals surface area contributed by atoms with Gasteiger partial charge in [0.15, 0.2) is 5.96 Å². The second kappa shape index (κ2) is 10.2. The predicted molar refractivity (Wildman–Crippen MR) is 117 cm³/mol. The molecule has 5 nitrogen and oxygen atoms in total. The van der Waals surface area contributed by atoms with E-state index >= 15 is 0 Å². The Morgan fingerprint density at radius 1 is 1.30 bits per heavy atom. The van der Waals surface area contributed by atoms with Gasteiger partial charge in [-0.05, 0) is 44.2 Å². The summed E-state index contributed by atoms with van der Waals surface area (Å²) in [5, 5.41) is 6.58. The molecule has 0 spiro atoms. The summed E-state index contributed by atoms with van der Waals surface area (Å²) in [5.74, 6) is 0.905. The highest BCUT2D eigenvalue weighted by atomic mass is 127. The van der Waals surface area contributed by atoms with Crippen molar-refractivity contribution >= 4 is 35.8 Å². The summed E-state index contributed by atoms with van der Waals surface area (Å²) in [5.41, 5.74) is 0.641. The molecule has 2 fully saturated rings. The Balaban J connectivity index is 0.00000261. The lowest BCUT2D eigenvalue weighted by Gasteiger charge is -2.18. The Morgan fingerprint density at radius 2 is 2.07 bits per heavy atom. The van der Waals surface area contributed by atoms with Gasteiger partial charge in [-0.3, -0.25) is 9.79 Å². The number of amides is 1. The van der Waals surface area contributed by atoms with E-state index in [-0.39, 0.29) is 41.1 Å². The number of carbonyl (C=O) groups is 1. The van der Waals surface area contributed by atoms with Crippen LogP contribution in [0.15, 0.2) is 29.3 Å². The maximum Gasteiger partial charge on any atom is 0.222 e. The zero-order valence-corrected chi connectivity index (χ0v) is 18.3. The largest absolute Gasteiger partial charge is 0.357 e. The highest BCUT2D eigenvalue weighted by Crippen LogP contribution is 2.49. The van der Waals surface area contributed by atoms with Crippen molar-refractivity contribution in [1.29, 1.82) is 0 Å². The molecule has 7 heteroatoms. The van der Waals surface area contributed by atoms with Gasteiger partial charge in [0.25, 0.3) is 0 Å². The van der Waals surface area contributed by atoms with E-state index in [1.807, 2.05) is 24.0 Å². The number of likely N-dealkylation sites (tertiary alicyclic amines) is 1. The zero-order valence-electron chi connectivity index (χ0n) is 16.0. The van der Waals surface area contributed by atoms with E-state index in [4.69, 9.17) is 4.99 Å². The lowest BCUT2D eigenvalue weighted by molar-refractivity contribution is -0.127. The van der Waals surface area contributed by atoms with E-state index < -0.39 is 0 Å². The number of nitrogens with one attached hydrogen (secondary N) is 2. The van der Waals surface area contributed by atoms with Crippen LogP contribution in [0.5, 0.6) is 0 Å². The second-order valence-corrected chi connectivity index (χ2v) is 7.22. The smallest absolute Gasteiger partial charge is 0.222 e. The minimum atomic E-state index is -0.143. The molecule has 1 aliphatic carbocycles. The summed E-state index contributed by atoms with van der Waals surface area (Å²) in [7, 11) is 0. The van der Waals surface area contributed by atoms with Gasteiger partial charge in [0, 0.05) is 38.0 Å². The zero-order chi connectivity index (χ0) is 18.4. The van der Waals surface area contributed by atoms with Gasteiger partial charge in [-0.25, -0.2) is 4.39 Å². The first-order valence-corrected chi connectivity index (χ1v) is 9.69. The van der Waals surface area contributed by atoms with E-state index in [1.165, 1.54) is 6.07 Å². The molecule has 1 aliphatic heterocycles. The van der Waals surface area contributed by atoms with Gasteiger partial charge < -0.3 is 15.5 Å². The predicted octanol–water partition coefficient (Wildman–Crippen LogP) is 3.04. The standard InChI is InChI=1S/C20H29FN4O.HI/c1-2-22-19(23-12-6-14-25-13-5-9-18(25)26)24-15-20(10-11-20)16-7-3-4-8-17(16)21;/h3-4,7-8H,2,5-6,9-15H2,1H3,(H2,22,23,24);1H. The highest BCUT2D eigenvalue weighted by molar-refractivity contribution is 14.0. The van der Waals surface area contributed by atoms with Crippen molar-refractivity contribution in [3.8, 4) is 0 Å². The second-order valence-electron chi connectivity index (χ2n) is 7.22. The molecule has 2 aliphatic rings. The monoisotopic (exact) mass is 488 g/mol. The third-order valence-corrected chi connectivity index (χ3v) is 5.25. The molecule has 1 saturated carbocycles. The van der Waals surface area contributed by atoms with Crippen LogP contribution in [0.3, 0.4) is 0 Å². The van der Waals surface area contributed by atoms with Gasteiger partial charge in [0.05, 0.1) is 6.54 Å². The molecule has 0 atom stereocenters. The van der Waals surface area contributed by atoms with Crippen LogP contribution < -0.4 is 10.6 Å². The summed E-state index contributed by atoms with van der Waals surface area (Å²) in [6.45, 7) is 5.85. The number of aliphatic imine (C=N–C) groups is 1. The van der Waals surface area contributed by atoms with Gasteiger partial charge in [-0.1, -0.05) is 18.2 Å². The lowest BCUT2D eigenvalue weighted by Crippen LogP contribution is -2.39. The maximum atomic E-state index is 14.1. The average molecular weight is 488 g/mol. The van der Waals surface area contributed by atoms with Crippen molar-refractivity contribution < 1.29 is 9.18 Å². The number of hydrogen-bond acceptors (Lipinski definition) is 2. The molecule has 2 N–H and O–H groups in total. The minimum absolute atomic E-state index is 0. The fourth-order valence-electron chi connectivity index (χ4n) is 3.54. The normalized spacial score (nSPS) is 18.2. The molecule has 0 aromatic heterocycles. The molecule has 0 radical (unpaired) electrons. The Morgan fingerprint density at radius 3 is 2.70 bits per heavy atom. The van der Waals surface area contributed by atoms with E-state index in [2.05, 4.69) is 10.6 Å². The molecule has 3 rings (SSSR count). The van der Waals surface area contributed by atoms with E-state index in [9.17, 15) is 9.18 Å². The lowest BCUT2D eigenvalue weighted by atomic mass is 9.95. The van der Waals surface area contributed by atoms with Crippen molar-refractivity contribution in [2.45, 2.75) is 44.4 Å². The Labute approximate surface area is 178 Å². The molecule has 0 bridgehead atoms. The van der Waals surface area contributed by atoms with Crippen LogP contribution >= 0.6 is 24.0 Å². The molecule has 1 heterocycles. The van der Waals surface area contributed by atoms with Gasteiger partial charge in [0.2, 0.25) is 5.91 Å². The van der Waals surface area contributed by atoms with Gasteiger partial charge in [-0.2, -0.15) is 0 Å². The molecule has 150 valence electrons. The quantitative estimate of drug-likeness (QED) is 0.256. The molecule has 0 unspecified atom stereocenters. The number of carbonyl (C=O) groups excluding carboxylic acids is 1. The van der Waals surface area contributed by atoms with Crippen LogP contribution in [-0.4, -0.2) is 49.5 Å². The topological polar surface area (TPSA) is 56.7 Å². The average Bonchev–Trinajstić information content (AvgIpc) is 3.32. The van der Waals surface area contributed by atoms with Crippen LogP contribution in [0, 0.1) is 5.82 Å². The Bertz CT molecular complexity index is 663. The van der Waals surface area contributed by atoms with E-state index in [0.717, 1.165) is 63.4 Å². The van der Waals surface area contributed by atoms with Gasteiger partial charge in [0.1, 0.15) is 5.82 Å². The van der Waals surface area contributed by atoms with Crippen LogP contribution in [-0.2, 0) is 10.2 Å². The van der Waals surface area contributed by atoms with Crippen molar-refractivity contribution in [3.63, 3.8) is 0 Å². The third kappa shape index (κ3) is 5.80. The summed E-state index contributed by atoms with van der Waals surface area (Å²) in [6, 6.07) is 7.04. The maximum absolute atomic E-state index is 14.1. The van der Waals surface area contributed by atoms with Crippen molar-refractivity contribution in [2.24, 2.45) is 4.99 Å². The molecule has 1 aromatic carbocycles. The van der Waals surface area contributed by atoms with Crippen LogP contribution in [0.25, 0.3) is 0 Å². The molecular weight excluding hydrogens is 458 g/mol. The third-order valence-electron chi connectivity index (χ3n) is 5.25. The SMILES string of the molecule is CCNC(=NCC1(c2ccccc2F)CC1)NCCCN1CCCC1=O.I. The number of halogens is 2. The molecule has 1 amide bonds. The highest BCUT2D eigenvalue weighted by Gasteiger charge is 2.45. The number of guanidine groups is 1. The number of nitrogens with zero attached hydrogens (tertiary/aromatic N) is 2. The molecule has 1 aromatic rings. The summed E-state index contributed by atoms with van der Waals surface area (Å²) in [4.78, 5) is 18.3. The fourth-order valence-corrected chi connectivity index (χ4v) is 3.54. The number of hydrogen-bond donors (Lipinski definition) is 2. The summed E-state index contributed by atoms with van der Waals surface area (Å²) in [6.07, 6.45) is 4.53. The first-order valence-electron chi connectivity index (χ1n) is 9.69.